The van der Waals surface area contributed by atoms with Gasteiger partial charge < -0.3 is 0 Å². The Hall–Kier alpha value is -0.740. The Labute approximate surface area is 157 Å². The summed E-state index contributed by atoms with van der Waals surface area (Å²) in [6.45, 7) is 13.2. The highest BCUT2D eigenvalue weighted by molar-refractivity contribution is 7.99. The molecule has 4 aliphatic rings. The van der Waals surface area contributed by atoms with Crippen molar-refractivity contribution in [1.29, 1.82) is 0 Å². The van der Waals surface area contributed by atoms with Crippen molar-refractivity contribution in [3.63, 3.8) is 0 Å². The summed E-state index contributed by atoms with van der Waals surface area (Å²) >= 11 is 3.45. The molecule has 25 heavy (non-hydrogen) atoms. The highest BCUT2D eigenvalue weighted by Gasteiger charge is 2.50. The molecule has 0 amide bonds. The summed E-state index contributed by atoms with van der Waals surface area (Å²) in [6, 6.07) is 6.71. The first kappa shape index (κ1) is 16.4. The zero-order valence-corrected chi connectivity index (χ0v) is 16.7. The van der Waals surface area contributed by atoms with E-state index in [1.165, 1.54) is 15.9 Å². The fourth-order valence-electron chi connectivity index (χ4n) is 4.30. The molecule has 8 heteroatoms. The molecule has 4 bridgehead atoms. The molecular formula is C17H25N6S2+. The van der Waals surface area contributed by atoms with Crippen LogP contribution in [0.25, 0.3) is 10.2 Å². The molecule has 0 radical (unpaired) electrons. The van der Waals surface area contributed by atoms with E-state index in [-0.39, 0.29) is 5.54 Å². The van der Waals surface area contributed by atoms with Gasteiger partial charge in [0.15, 0.2) is 10.0 Å². The maximum absolute atomic E-state index is 5.02. The summed E-state index contributed by atoms with van der Waals surface area (Å²) in [4.78, 5) is 12.7. The minimum Gasteiger partial charge on any atom is -0.253 e. The first-order valence-corrected chi connectivity index (χ1v) is 10.4. The summed E-state index contributed by atoms with van der Waals surface area (Å²) in [5, 5.41) is 0. The summed E-state index contributed by atoms with van der Waals surface area (Å²) in [5.41, 5.74) is 2.65. The molecule has 4 saturated heterocycles. The number of thiazole rings is 1. The molecule has 1 aromatic heterocycles. The molecule has 0 spiro atoms. The monoisotopic (exact) mass is 377 g/mol. The van der Waals surface area contributed by atoms with E-state index >= 15 is 0 Å². The van der Waals surface area contributed by atoms with Gasteiger partial charge in [-0.25, -0.2) is 19.7 Å². The standard InChI is InChI=1S/C17H25N6S2/c1-17(2,3)19-25-16-18-15-13(5-4-6-14(15)24-16)23-10-20-7-21(11-23)9-22(8-20)12-23/h4-6,19H,7-12H2,1-3H3/q+1. The number of benzene rings is 1. The Morgan fingerprint density at radius 2 is 1.72 bits per heavy atom. The van der Waals surface area contributed by atoms with Gasteiger partial charge in [0.2, 0.25) is 0 Å². The Balaban J connectivity index is 1.52. The summed E-state index contributed by atoms with van der Waals surface area (Å²) < 4.78 is 6.89. The Morgan fingerprint density at radius 3 is 2.32 bits per heavy atom. The normalized spacial score (nSPS) is 34.1. The zero-order valence-electron chi connectivity index (χ0n) is 15.0. The van der Waals surface area contributed by atoms with Gasteiger partial charge in [-0.15, -0.1) is 11.3 Å². The van der Waals surface area contributed by atoms with Crippen LogP contribution in [0.2, 0.25) is 0 Å². The Morgan fingerprint density at radius 1 is 1.08 bits per heavy atom. The van der Waals surface area contributed by atoms with Gasteiger partial charge in [-0.05, 0) is 38.8 Å². The molecule has 4 fully saturated rings. The van der Waals surface area contributed by atoms with Crippen molar-refractivity contribution < 1.29 is 0 Å². The lowest BCUT2D eigenvalue weighted by Crippen LogP contribution is -2.80. The number of quaternary nitrogens is 1. The quantitative estimate of drug-likeness (QED) is 0.654. The number of aromatic nitrogens is 1. The fraction of sp³-hybridized carbons (Fsp3) is 0.588. The molecule has 6 nitrogen and oxygen atoms in total. The second-order valence-electron chi connectivity index (χ2n) is 8.56. The third-order valence-corrected chi connectivity index (χ3v) is 7.24. The molecule has 134 valence electrons. The zero-order chi connectivity index (χ0) is 17.2. The third-order valence-electron chi connectivity index (χ3n) is 4.95. The Kier molecular flexibility index (Phi) is 3.70. The van der Waals surface area contributed by atoms with Crippen molar-refractivity contribution in [3.05, 3.63) is 18.2 Å². The van der Waals surface area contributed by atoms with Crippen LogP contribution < -0.4 is 9.21 Å². The van der Waals surface area contributed by atoms with Gasteiger partial charge in [0, 0.05) is 11.6 Å². The molecular weight excluding hydrogens is 352 g/mol. The van der Waals surface area contributed by atoms with Crippen LogP contribution in [0.15, 0.2) is 22.5 Å². The third kappa shape index (κ3) is 2.90. The van der Waals surface area contributed by atoms with Gasteiger partial charge in [-0.1, -0.05) is 6.07 Å². The predicted molar refractivity (Wildman–Crippen MR) is 105 cm³/mol. The van der Waals surface area contributed by atoms with E-state index in [2.05, 4.69) is 58.4 Å². The van der Waals surface area contributed by atoms with Crippen LogP contribution in [0.4, 0.5) is 5.69 Å². The van der Waals surface area contributed by atoms with E-state index in [4.69, 9.17) is 4.98 Å². The molecule has 0 unspecified atom stereocenters. The van der Waals surface area contributed by atoms with Crippen LogP contribution in [-0.4, -0.2) is 65.2 Å². The maximum Gasteiger partial charge on any atom is 0.166 e. The van der Waals surface area contributed by atoms with Crippen LogP contribution in [0.5, 0.6) is 0 Å². The number of nitrogens with one attached hydrogen (secondary N) is 1. The minimum absolute atomic E-state index is 0.0786. The number of nitrogens with zero attached hydrogens (tertiary/aromatic N) is 5. The van der Waals surface area contributed by atoms with Gasteiger partial charge in [0.25, 0.3) is 0 Å². The molecule has 6 rings (SSSR count). The molecule has 1 aromatic carbocycles. The molecule has 2 aromatic rings. The van der Waals surface area contributed by atoms with Gasteiger partial charge in [0.1, 0.15) is 25.5 Å². The lowest BCUT2D eigenvalue weighted by Gasteiger charge is -2.60. The first-order chi connectivity index (χ1) is 11.9. The van der Waals surface area contributed by atoms with Gasteiger partial charge in [0.05, 0.1) is 24.7 Å². The van der Waals surface area contributed by atoms with Crippen LogP contribution in [-0.2, 0) is 0 Å². The van der Waals surface area contributed by atoms with E-state index in [1.54, 1.807) is 23.3 Å². The minimum atomic E-state index is 0.0786. The summed E-state index contributed by atoms with van der Waals surface area (Å²) in [5.74, 6) is 0. The van der Waals surface area contributed by atoms with Crippen LogP contribution in [0.3, 0.4) is 0 Å². The molecule has 1 N–H and O–H groups in total. The second-order valence-corrected chi connectivity index (χ2v) is 10.6. The number of hydrogen-bond acceptors (Lipinski definition) is 7. The van der Waals surface area contributed by atoms with Crippen molar-refractivity contribution in [2.45, 2.75) is 30.6 Å². The molecule has 4 aliphatic heterocycles. The van der Waals surface area contributed by atoms with Crippen molar-refractivity contribution in [2.75, 3.05) is 40.0 Å². The summed E-state index contributed by atoms with van der Waals surface area (Å²) in [7, 11) is 0. The highest BCUT2D eigenvalue weighted by atomic mass is 32.2. The SMILES string of the molecule is CC(C)(C)NSc1nc2c([N+]34CN5CN(CN(C5)C3)C4)cccc2s1. The van der Waals surface area contributed by atoms with E-state index in [9.17, 15) is 0 Å². The van der Waals surface area contributed by atoms with E-state index in [0.717, 1.165) is 48.8 Å². The molecule has 0 saturated carbocycles. The highest BCUT2D eigenvalue weighted by Crippen LogP contribution is 2.41. The smallest absolute Gasteiger partial charge is 0.166 e. The second kappa shape index (κ2) is 5.63. The summed E-state index contributed by atoms with van der Waals surface area (Å²) in [6.07, 6.45) is 0. The van der Waals surface area contributed by atoms with Crippen molar-refractivity contribution in [1.82, 2.24) is 28.9 Å². The molecule has 0 atom stereocenters. The van der Waals surface area contributed by atoms with Crippen LogP contribution >= 0.6 is 23.3 Å². The van der Waals surface area contributed by atoms with Crippen LogP contribution in [0, 0.1) is 0 Å². The lowest BCUT2D eigenvalue weighted by atomic mass is 10.1. The fourth-order valence-corrected chi connectivity index (χ4v) is 6.11. The average molecular weight is 378 g/mol. The van der Waals surface area contributed by atoms with Crippen molar-refractivity contribution in [2.24, 2.45) is 0 Å². The van der Waals surface area contributed by atoms with Gasteiger partial charge in [-0.3, -0.25) is 9.21 Å². The Bertz CT molecular complexity index is 776. The van der Waals surface area contributed by atoms with Crippen molar-refractivity contribution >= 4 is 39.2 Å². The van der Waals surface area contributed by atoms with Gasteiger partial charge >= 0.3 is 0 Å². The number of hydrogen-bond donors (Lipinski definition) is 1. The van der Waals surface area contributed by atoms with Crippen molar-refractivity contribution in [3.8, 4) is 0 Å². The molecule has 0 aliphatic carbocycles. The van der Waals surface area contributed by atoms with E-state index in [1.807, 2.05) is 0 Å². The topological polar surface area (TPSA) is 34.6 Å². The van der Waals surface area contributed by atoms with Crippen LogP contribution in [0.1, 0.15) is 20.8 Å². The molecule has 5 heterocycles. The largest absolute Gasteiger partial charge is 0.253 e. The van der Waals surface area contributed by atoms with Gasteiger partial charge in [-0.2, -0.15) is 0 Å². The number of rotatable bonds is 3. The first-order valence-electron chi connectivity index (χ1n) is 8.78. The number of fused-ring (bicyclic) bond motifs is 1. The van der Waals surface area contributed by atoms with E-state index < -0.39 is 0 Å². The maximum atomic E-state index is 5.02. The lowest BCUT2D eigenvalue weighted by molar-refractivity contribution is -0.189. The number of para-hydroxylation sites is 1. The average Bonchev–Trinajstić information content (AvgIpc) is 2.93. The predicted octanol–water partition coefficient (Wildman–Crippen LogP) is 2.69. The van der Waals surface area contributed by atoms with E-state index in [0.29, 0.717) is 0 Å².